The number of aliphatic hydroxyl groups excluding tert-OH is 4. The quantitative estimate of drug-likeness (QED) is 0.268. The first-order valence-corrected chi connectivity index (χ1v) is 6.18. The van der Waals surface area contributed by atoms with Crippen LogP contribution in [0.2, 0.25) is 0 Å². The maximum atomic E-state index is 11.1. The smallest absolute Gasteiger partial charge is 0.364 e. The Morgan fingerprint density at radius 1 is 1.43 bits per heavy atom. The molecule has 1 amide bonds. The van der Waals surface area contributed by atoms with Crippen LogP contribution >= 0.6 is 0 Å². The second-order valence-electron chi connectivity index (χ2n) is 4.91. The summed E-state index contributed by atoms with van der Waals surface area (Å²) in [6.07, 6.45) is -7.48. The lowest BCUT2D eigenvalue weighted by molar-refractivity contribution is -0.295. The second-order valence-corrected chi connectivity index (χ2v) is 4.91. The predicted octanol–water partition coefficient (Wildman–Crippen LogP) is -3.87. The van der Waals surface area contributed by atoms with E-state index in [0.29, 0.717) is 0 Å². The Labute approximate surface area is 119 Å². The molecule has 10 heteroatoms. The number of amides is 1. The van der Waals surface area contributed by atoms with E-state index in [1.165, 1.54) is 0 Å². The molecule has 6 atom stereocenters. The molecular formula is C11H19NO9. The Balaban J connectivity index is 3.07. The lowest BCUT2D eigenvalue weighted by Gasteiger charge is -2.44. The standard InChI is InChI=1S/C11H19NO9/c1-4(14)12-7-5(15)2-11(20,10(18)19)21-9(7)8(17)6(16)3-13/h5-9,13,15-17,20H,2-3H2,1H3,(H,12,14)(H,18,19)/t5-,6?,7+,8?,9+,11?/m0/s1. The van der Waals surface area contributed by atoms with Crippen LogP contribution in [0.5, 0.6) is 0 Å². The van der Waals surface area contributed by atoms with Gasteiger partial charge in [-0.1, -0.05) is 0 Å². The zero-order valence-electron chi connectivity index (χ0n) is 11.2. The van der Waals surface area contributed by atoms with Crippen LogP contribution in [-0.2, 0) is 14.3 Å². The Bertz CT molecular complexity index is 403. The van der Waals surface area contributed by atoms with Crippen molar-refractivity contribution in [2.24, 2.45) is 0 Å². The van der Waals surface area contributed by atoms with Crippen LogP contribution in [0.1, 0.15) is 13.3 Å². The van der Waals surface area contributed by atoms with Gasteiger partial charge in [-0.05, 0) is 0 Å². The van der Waals surface area contributed by atoms with Gasteiger partial charge in [0.15, 0.2) is 0 Å². The normalized spacial score (nSPS) is 35.8. The number of aliphatic hydroxyl groups is 5. The van der Waals surface area contributed by atoms with E-state index < -0.39 is 61.1 Å². The van der Waals surface area contributed by atoms with Crippen molar-refractivity contribution in [1.82, 2.24) is 5.32 Å². The zero-order chi connectivity index (χ0) is 16.4. The van der Waals surface area contributed by atoms with Gasteiger partial charge in [0, 0.05) is 13.3 Å². The summed E-state index contributed by atoms with van der Waals surface area (Å²) in [5.74, 6) is -5.17. The van der Waals surface area contributed by atoms with Gasteiger partial charge < -0.3 is 40.7 Å². The van der Waals surface area contributed by atoms with E-state index in [4.69, 9.17) is 14.9 Å². The fourth-order valence-corrected chi connectivity index (χ4v) is 2.14. The van der Waals surface area contributed by atoms with Gasteiger partial charge in [0.05, 0.1) is 18.8 Å². The maximum Gasteiger partial charge on any atom is 0.364 e. The number of aliphatic carboxylic acids is 1. The highest BCUT2D eigenvalue weighted by atomic mass is 16.7. The van der Waals surface area contributed by atoms with E-state index in [9.17, 15) is 30.0 Å². The molecule has 1 saturated heterocycles. The van der Waals surface area contributed by atoms with Crippen LogP contribution in [0.3, 0.4) is 0 Å². The maximum absolute atomic E-state index is 11.1. The van der Waals surface area contributed by atoms with Crippen molar-refractivity contribution in [3.05, 3.63) is 0 Å². The van der Waals surface area contributed by atoms with Gasteiger partial charge in [0.2, 0.25) is 5.91 Å². The number of ether oxygens (including phenoxy) is 1. The largest absolute Gasteiger partial charge is 0.477 e. The van der Waals surface area contributed by atoms with Crippen LogP contribution in [-0.4, -0.2) is 85.4 Å². The summed E-state index contributed by atoms with van der Waals surface area (Å²) in [4.78, 5) is 22.1. The number of rotatable bonds is 5. The topological polar surface area (TPSA) is 177 Å². The van der Waals surface area contributed by atoms with Gasteiger partial charge in [0.1, 0.15) is 18.3 Å². The van der Waals surface area contributed by atoms with Gasteiger partial charge in [-0.25, -0.2) is 4.79 Å². The molecule has 0 aromatic rings. The monoisotopic (exact) mass is 309 g/mol. The SMILES string of the molecule is CC(=O)N[C@@H]1[C@@H](O)CC(O)(C(=O)O)O[C@H]1C(O)C(O)CO. The first-order valence-electron chi connectivity index (χ1n) is 6.18. The van der Waals surface area contributed by atoms with E-state index in [1.54, 1.807) is 0 Å². The van der Waals surface area contributed by atoms with Crippen molar-refractivity contribution in [2.75, 3.05) is 6.61 Å². The van der Waals surface area contributed by atoms with Gasteiger partial charge in [-0.3, -0.25) is 4.79 Å². The Kier molecular flexibility index (Phi) is 5.61. The predicted molar refractivity (Wildman–Crippen MR) is 64.8 cm³/mol. The number of carbonyl (C=O) groups is 2. The van der Waals surface area contributed by atoms with Gasteiger partial charge in [-0.15, -0.1) is 0 Å². The Hall–Kier alpha value is -1.30. The summed E-state index contributed by atoms with van der Waals surface area (Å²) < 4.78 is 4.86. The minimum atomic E-state index is -2.78. The minimum Gasteiger partial charge on any atom is -0.477 e. The highest BCUT2D eigenvalue weighted by Crippen LogP contribution is 2.30. The molecule has 7 N–H and O–H groups in total. The average Bonchev–Trinajstić information content (AvgIpc) is 2.39. The first-order chi connectivity index (χ1) is 9.62. The number of carboxylic acids is 1. The molecule has 1 heterocycles. The molecule has 0 saturated carbocycles. The second kappa shape index (κ2) is 6.64. The summed E-state index contributed by atoms with van der Waals surface area (Å²) in [6, 6.07) is -1.27. The summed E-state index contributed by atoms with van der Waals surface area (Å²) in [7, 11) is 0. The molecule has 0 bridgehead atoms. The molecule has 0 radical (unpaired) electrons. The van der Waals surface area contributed by atoms with Crippen molar-refractivity contribution in [2.45, 2.75) is 49.6 Å². The molecular weight excluding hydrogens is 290 g/mol. The van der Waals surface area contributed by atoms with E-state index in [2.05, 4.69) is 5.32 Å². The molecule has 0 aliphatic carbocycles. The molecule has 0 aromatic carbocycles. The van der Waals surface area contributed by atoms with Crippen LogP contribution < -0.4 is 5.32 Å². The fraction of sp³-hybridized carbons (Fsp3) is 0.818. The number of nitrogens with one attached hydrogen (secondary N) is 1. The van der Waals surface area contributed by atoms with Crippen molar-refractivity contribution < 1.29 is 45.0 Å². The molecule has 3 unspecified atom stereocenters. The van der Waals surface area contributed by atoms with E-state index in [-0.39, 0.29) is 0 Å². The molecule has 10 nitrogen and oxygen atoms in total. The third kappa shape index (κ3) is 3.87. The molecule has 21 heavy (non-hydrogen) atoms. The minimum absolute atomic E-state index is 0.598. The fourth-order valence-electron chi connectivity index (χ4n) is 2.14. The Morgan fingerprint density at radius 3 is 2.43 bits per heavy atom. The van der Waals surface area contributed by atoms with Crippen LogP contribution in [0.25, 0.3) is 0 Å². The lowest BCUT2D eigenvalue weighted by Crippen LogP contribution is -2.67. The van der Waals surface area contributed by atoms with Crippen LogP contribution in [0.4, 0.5) is 0 Å². The highest BCUT2D eigenvalue weighted by Gasteiger charge is 2.53. The third-order valence-corrected chi connectivity index (χ3v) is 3.21. The number of hydrogen-bond donors (Lipinski definition) is 7. The molecule has 1 aliphatic heterocycles. The van der Waals surface area contributed by atoms with E-state index in [1.807, 2.05) is 0 Å². The third-order valence-electron chi connectivity index (χ3n) is 3.21. The van der Waals surface area contributed by atoms with Crippen molar-refractivity contribution in [3.8, 4) is 0 Å². The van der Waals surface area contributed by atoms with Crippen LogP contribution in [0, 0.1) is 0 Å². The van der Waals surface area contributed by atoms with Crippen molar-refractivity contribution in [1.29, 1.82) is 0 Å². The Morgan fingerprint density at radius 2 is 2.00 bits per heavy atom. The van der Waals surface area contributed by atoms with Crippen LogP contribution in [0.15, 0.2) is 0 Å². The lowest BCUT2D eigenvalue weighted by atomic mass is 9.88. The molecule has 122 valence electrons. The zero-order valence-corrected chi connectivity index (χ0v) is 11.2. The van der Waals surface area contributed by atoms with E-state index >= 15 is 0 Å². The number of hydrogen-bond acceptors (Lipinski definition) is 8. The molecule has 1 fully saturated rings. The molecule has 0 spiro atoms. The summed E-state index contributed by atoms with van der Waals surface area (Å²) in [6.45, 7) is 0.256. The van der Waals surface area contributed by atoms with E-state index in [0.717, 1.165) is 6.92 Å². The summed E-state index contributed by atoms with van der Waals surface area (Å²) in [5, 5.41) is 59.0. The number of carbonyl (C=O) groups excluding carboxylic acids is 1. The molecule has 1 aliphatic rings. The average molecular weight is 309 g/mol. The van der Waals surface area contributed by atoms with Gasteiger partial charge in [0.25, 0.3) is 5.79 Å². The molecule has 0 aromatic heterocycles. The summed E-state index contributed by atoms with van der Waals surface area (Å²) >= 11 is 0. The molecule has 1 rings (SSSR count). The van der Waals surface area contributed by atoms with Crippen molar-refractivity contribution in [3.63, 3.8) is 0 Å². The van der Waals surface area contributed by atoms with Crippen molar-refractivity contribution >= 4 is 11.9 Å². The first kappa shape index (κ1) is 17.8. The summed E-state index contributed by atoms with van der Waals surface area (Å²) in [5.41, 5.74) is 0. The van der Waals surface area contributed by atoms with Gasteiger partial charge in [-0.2, -0.15) is 0 Å². The van der Waals surface area contributed by atoms with Gasteiger partial charge >= 0.3 is 5.97 Å². The highest BCUT2D eigenvalue weighted by molar-refractivity contribution is 5.76. The number of carboxylic acid groups (broad SMARTS) is 1.